The number of benzene rings is 1. The third kappa shape index (κ3) is 3.48. The number of amides is 2. The topological polar surface area (TPSA) is 110 Å². The van der Waals surface area contributed by atoms with Crippen LogP contribution in [0.4, 0.5) is 0 Å². The zero-order valence-electron chi connectivity index (χ0n) is 15.4. The molecule has 1 aliphatic heterocycles. The fourth-order valence-electron chi connectivity index (χ4n) is 3.23. The first kappa shape index (κ1) is 17.8. The van der Waals surface area contributed by atoms with E-state index in [1.807, 2.05) is 30.3 Å². The maximum atomic E-state index is 13.1. The Labute approximate surface area is 160 Å². The Hall–Kier alpha value is -3.56. The molecule has 144 valence electrons. The number of carbonyl (C=O) groups is 2. The first-order valence-corrected chi connectivity index (χ1v) is 8.93. The highest BCUT2D eigenvalue weighted by atomic mass is 16.5. The van der Waals surface area contributed by atoms with Crippen molar-refractivity contribution in [1.29, 1.82) is 0 Å². The van der Waals surface area contributed by atoms with Gasteiger partial charge in [-0.25, -0.2) is 4.68 Å². The predicted molar refractivity (Wildman–Crippen MR) is 97.0 cm³/mol. The van der Waals surface area contributed by atoms with Crippen LogP contribution >= 0.6 is 0 Å². The van der Waals surface area contributed by atoms with Gasteiger partial charge in [-0.05, 0) is 17.4 Å². The number of nitrogens with zero attached hydrogens (tertiary/aromatic N) is 7. The van der Waals surface area contributed by atoms with Crippen molar-refractivity contribution in [2.75, 3.05) is 26.2 Å². The first-order valence-electron chi connectivity index (χ1n) is 8.93. The standard InChI is InChI=1S/C18H19N7O3/c1-13-16(17(20-28-13)14-5-3-2-4-6-14)18(27)24-9-7-23(8-10-24)15(26)11-25-12-19-21-22-25/h2-6,12H,7-11H2,1H3. The van der Waals surface area contributed by atoms with E-state index in [0.717, 1.165) is 5.56 Å². The summed E-state index contributed by atoms with van der Waals surface area (Å²) in [6, 6.07) is 9.47. The summed E-state index contributed by atoms with van der Waals surface area (Å²) in [7, 11) is 0. The molecule has 2 aromatic heterocycles. The van der Waals surface area contributed by atoms with Crippen molar-refractivity contribution in [3.63, 3.8) is 0 Å². The van der Waals surface area contributed by atoms with E-state index in [2.05, 4.69) is 20.7 Å². The van der Waals surface area contributed by atoms with Crippen molar-refractivity contribution in [2.45, 2.75) is 13.5 Å². The Bertz CT molecular complexity index is 960. The van der Waals surface area contributed by atoms with Gasteiger partial charge < -0.3 is 14.3 Å². The molecule has 0 radical (unpaired) electrons. The van der Waals surface area contributed by atoms with Crippen molar-refractivity contribution in [2.24, 2.45) is 0 Å². The molecule has 2 amide bonds. The molecule has 10 nitrogen and oxygen atoms in total. The van der Waals surface area contributed by atoms with Crippen LogP contribution in [0.25, 0.3) is 11.3 Å². The van der Waals surface area contributed by atoms with E-state index in [1.54, 1.807) is 16.7 Å². The molecule has 0 spiro atoms. The molecule has 1 fully saturated rings. The third-order valence-electron chi connectivity index (χ3n) is 4.73. The van der Waals surface area contributed by atoms with Gasteiger partial charge in [0.05, 0.1) is 0 Å². The molecule has 0 saturated carbocycles. The van der Waals surface area contributed by atoms with Gasteiger partial charge in [0.1, 0.15) is 29.9 Å². The first-order chi connectivity index (χ1) is 13.6. The quantitative estimate of drug-likeness (QED) is 0.651. The Kier molecular flexibility index (Phi) is 4.83. The van der Waals surface area contributed by atoms with Crippen LogP contribution in [-0.4, -0.2) is 73.2 Å². The summed E-state index contributed by atoms with van der Waals surface area (Å²) in [4.78, 5) is 28.9. The van der Waals surface area contributed by atoms with Crippen molar-refractivity contribution in [3.05, 3.63) is 48.0 Å². The molecule has 3 aromatic rings. The van der Waals surface area contributed by atoms with Crippen LogP contribution < -0.4 is 0 Å². The minimum atomic E-state index is -0.134. The number of tetrazole rings is 1. The lowest BCUT2D eigenvalue weighted by atomic mass is 10.0. The third-order valence-corrected chi connectivity index (χ3v) is 4.73. The van der Waals surface area contributed by atoms with Crippen LogP contribution in [0.5, 0.6) is 0 Å². The van der Waals surface area contributed by atoms with E-state index < -0.39 is 0 Å². The maximum Gasteiger partial charge on any atom is 0.259 e. The average molecular weight is 381 g/mol. The van der Waals surface area contributed by atoms with Gasteiger partial charge >= 0.3 is 0 Å². The molecular weight excluding hydrogens is 362 g/mol. The van der Waals surface area contributed by atoms with Crippen LogP contribution in [0.2, 0.25) is 0 Å². The summed E-state index contributed by atoms with van der Waals surface area (Å²) < 4.78 is 6.68. The number of piperazine rings is 1. The molecule has 0 unspecified atom stereocenters. The lowest BCUT2D eigenvalue weighted by Gasteiger charge is -2.34. The molecule has 1 aliphatic rings. The maximum absolute atomic E-state index is 13.1. The second-order valence-electron chi connectivity index (χ2n) is 6.51. The van der Waals surface area contributed by atoms with E-state index in [1.165, 1.54) is 11.0 Å². The van der Waals surface area contributed by atoms with Crippen molar-refractivity contribution in [1.82, 2.24) is 35.2 Å². The Morgan fingerprint density at radius 1 is 1.07 bits per heavy atom. The normalized spacial score (nSPS) is 14.3. The van der Waals surface area contributed by atoms with Gasteiger partial charge in [0.15, 0.2) is 0 Å². The Balaban J connectivity index is 1.44. The smallest absolute Gasteiger partial charge is 0.259 e. The van der Waals surface area contributed by atoms with Gasteiger partial charge in [-0.2, -0.15) is 0 Å². The van der Waals surface area contributed by atoms with Gasteiger partial charge in [-0.3, -0.25) is 9.59 Å². The fraction of sp³-hybridized carbons (Fsp3) is 0.333. The molecule has 4 rings (SSSR count). The molecule has 0 N–H and O–H groups in total. The number of hydrogen-bond donors (Lipinski definition) is 0. The van der Waals surface area contributed by atoms with E-state index in [4.69, 9.17) is 4.52 Å². The minimum absolute atomic E-state index is 0.0782. The minimum Gasteiger partial charge on any atom is -0.360 e. The molecule has 0 bridgehead atoms. The molecular formula is C18H19N7O3. The average Bonchev–Trinajstić information content (AvgIpc) is 3.38. The van der Waals surface area contributed by atoms with Crippen LogP contribution in [-0.2, 0) is 11.3 Å². The molecule has 0 aliphatic carbocycles. The number of carbonyl (C=O) groups excluding carboxylic acids is 2. The van der Waals surface area contributed by atoms with Crippen molar-refractivity contribution in [3.8, 4) is 11.3 Å². The zero-order valence-corrected chi connectivity index (χ0v) is 15.4. The predicted octanol–water partition coefficient (Wildman–Crippen LogP) is 0.621. The largest absolute Gasteiger partial charge is 0.360 e. The van der Waals surface area contributed by atoms with Gasteiger partial charge in [0, 0.05) is 31.7 Å². The summed E-state index contributed by atoms with van der Waals surface area (Å²) in [5, 5.41) is 14.8. The van der Waals surface area contributed by atoms with E-state index in [9.17, 15) is 9.59 Å². The van der Waals surface area contributed by atoms with Gasteiger partial charge in [-0.15, -0.1) is 5.10 Å². The Morgan fingerprint density at radius 3 is 2.46 bits per heavy atom. The summed E-state index contributed by atoms with van der Waals surface area (Å²) in [6.07, 6.45) is 1.40. The van der Waals surface area contributed by atoms with Crippen LogP contribution in [0.15, 0.2) is 41.2 Å². The number of aryl methyl sites for hydroxylation is 1. The number of rotatable bonds is 4. The van der Waals surface area contributed by atoms with Crippen LogP contribution in [0.1, 0.15) is 16.1 Å². The highest BCUT2D eigenvalue weighted by Gasteiger charge is 2.29. The molecule has 3 heterocycles. The zero-order chi connectivity index (χ0) is 19.5. The summed E-state index contributed by atoms with van der Waals surface area (Å²) in [5.41, 5.74) is 1.85. The molecule has 0 atom stereocenters. The SMILES string of the molecule is Cc1onc(-c2ccccc2)c1C(=O)N1CCN(C(=O)Cn2cnnn2)CC1. The number of hydrogen-bond acceptors (Lipinski definition) is 7. The molecule has 1 saturated heterocycles. The van der Waals surface area contributed by atoms with Gasteiger partial charge in [0.2, 0.25) is 5.91 Å². The second-order valence-corrected chi connectivity index (χ2v) is 6.51. The monoisotopic (exact) mass is 381 g/mol. The van der Waals surface area contributed by atoms with Crippen molar-refractivity contribution >= 4 is 11.8 Å². The van der Waals surface area contributed by atoms with E-state index in [-0.39, 0.29) is 18.4 Å². The molecule has 10 heteroatoms. The summed E-state index contributed by atoms with van der Waals surface area (Å²) in [6.45, 7) is 3.62. The lowest BCUT2D eigenvalue weighted by Crippen LogP contribution is -2.51. The van der Waals surface area contributed by atoms with Gasteiger partial charge in [-0.1, -0.05) is 35.5 Å². The van der Waals surface area contributed by atoms with Crippen molar-refractivity contribution < 1.29 is 14.1 Å². The Morgan fingerprint density at radius 2 is 1.79 bits per heavy atom. The fourth-order valence-corrected chi connectivity index (χ4v) is 3.23. The van der Waals surface area contributed by atoms with Gasteiger partial charge in [0.25, 0.3) is 5.91 Å². The highest BCUT2D eigenvalue weighted by Crippen LogP contribution is 2.26. The number of aromatic nitrogens is 5. The molecule has 1 aromatic carbocycles. The van der Waals surface area contributed by atoms with E-state index in [0.29, 0.717) is 43.2 Å². The summed E-state index contributed by atoms with van der Waals surface area (Å²) >= 11 is 0. The lowest BCUT2D eigenvalue weighted by molar-refractivity contribution is -0.133. The van der Waals surface area contributed by atoms with E-state index >= 15 is 0 Å². The van der Waals surface area contributed by atoms with Crippen LogP contribution in [0.3, 0.4) is 0 Å². The highest BCUT2D eigenvalue weighted by molar-refractivity contribution is 6.00. The van der Waals surface area contributed by atoms with Crippen LogP contribution in [0, 0.1) is 6.92 Å². The second kappa shape index (κ2) is 7.59. The summed E-state index contributed by atoms with van der Waals surface area (Å²) in [5.74, 6) is 0.275. The molecule has 28 heavy (non-hydrogen) atoms.